The van der Waals surface area contributed by atoms with E-state index in [4.69, 9.17) is 0 Å². The lowest BCUT2D eigenvalue weighted by atomic mass is 9.83. The first kappa shape index (κ1) is 17.3. The van der Waals surface area contributed by atoms with Gasteiger partial charge in [0.25, 0.3) is 0 Å². The standard InChI is InChI=1S/C22H26N2O2/c25-18-14-19(23-15-18)22(26)24-13-7-12-20(24)21(16-8-3-1-4-9-16)17-10-5-2-6-11-17/h1-6,8-11,18-21,23,25H,7,12-15H2/t18-,19+,20+/m0/s1. The van der Waals surface area contributed by atoms with Crippen LogP contribution in [0.5, 0.6) is 0 Å². The number of aliphatic hydroxyl groups is 1. The third kappa shape index (κ3) is 3.39. The molecule has 3 atom stereocenters. The maximum absolute atomic E-state index is 13.1. The summed E-state index contributed by atoms with van der Waals surface area (Å²) in [5, 5.41) is 13.0. The Labute approximate surface area is 154 Å². The number of aliphatic hydroxyl groups excluding tert-OH is 1. The summed E-state index contributed by atoms with van der Waals surface area (Å²) >= 11 is 0. The smallest absolute Gasteiger partial charge is 0.240 e. The second-order valence-electron chi connectivity index (χ2n) is 7.39. The molecule has 4 heteroatoms. The van der Waals surface area contributed by atoms with E-state index in [9.17, 15) is 9.90 Å². The zero-order chi connectivity index (χ0) is 17.9. The fraction of sp³-hybridized carbons (Fsp3) is 0.409. The molecule has 2 aromatic rings. The Morgan fingerprint density at radius 3 is 2.19 bits per heavy atom. The highest BCUT2D eigenvalue weighted by Gasteiger charge is 2.40. The van der Waals surface area contributed by atoms with Crippen molar-refractivity contribution in [2.45, 2.75) is 43.4 Å². The molecule has 1 amide bonds. The van der Waals surface area contributed by atoms with Gasteiger partial charge in [0.2, 0.25) is 5.91 Å². The monoisotopic (exact) mass is 350 g/mol. The van der Waals surface area contributed by atoms with Crippen molar-refractivity contribution >= 4 is 5.91 Å². The van der Waals surface area contributed by atoms with Crippen molar-refractivity contribution in [1.29, 1.82) is 0 Å². The van der Waals surface area contributed by atoms with Crippen molar-refractivity contribution in [3.8, 4) is 0 Å². The summed E-state index contributed by atoms with van der Waals surface area (Å²) in [5.74, 6) is 0.316. The fourth-order valence-corrected chi connectivity index (χ4v) is 4.48. The molecule has 0 spiro atoms. The van der Waals surface area contributed by atoms with Gasteiger partial charge in [-0.2, -0.15) is 0 Å². The summed E-state index contributed by atoms with van der Waals surface area (Å²) in [6, 6.07) is 20.9. The maximum Gasteiger partial charge on any atom is 0.240 e. The van der Waals surface area contributed by atoms with Gasteiger partial charge >= 0.3 is 0 Å². The largest absolute Gasteiger partial charge is 0.392 e. The Hall–Kier alpha value is -2.17. The van der Waals surface area contributed by atoms with E-state index < -0.39 is 6.10 Å². The van der Waals surface area contributed by atoms with E-state index in [0.29, 0.717) is 13.0 Å². The molecule has 0 unspecified atom stereocenters. The van der Waals surface area contributed by atoms with Crippen LogP contribution in [0.4, 0.5) is 0 Å². The second kappa shape index (κ2) is 7.60. The van der Waals surface area contributed by atoms with Gasteiger partial charge in [0, 0.05) is 25.0 Å². The molecule has 4 rings (SSSR count). The molecule has 2 N–H and O–H groups in total. The van der Waals surface area contributed by atoms with Crippen LogP contribution < -0.4 is 5.32 Å². The Balaban J connectivity index is 1.65. The van der Waals surface area contributed by atoms with Gasteiger partial charge in [-0.05, 0) is 30.4 Å². The zero-order valence-corrected chi connectivity index (χ0v) is 14.9. The molecule has 0 aromatic heterocycles. The van der Waals surface area contributed by atoms with E-state index in [0.717, 1.165) is 19.4 Å². The second-order valence-corrected chi connectivity index (χ2v) is 7.39. The average Bonchev–Trinajstić information content (AvgIpc) is 3.33. The summed E-state index contributed by atoms with van der Waals surface area (Å²) in [7, 11) is 0. The highest BCUT2D eigenvalue weighted by molar-refractivity contribution is 5.83. The number of β-amino-alcohol motifs (C(OH)–C–C–N with tert-alkyl or cyclic N) is 1. The fourth-order valence-electron chi connectivity index (χ4n) is 4.48. The van der Waals surface area contributed by atoms with E-state index in [2.05, 4.69) is 58.7 Å². The van der Waals surface area contributed by atoms with Gasteiger partial charge in [-0.25, -0.2) is 0 Å². The quantitative estimate of drug-likeness (QED) is 0.891. The summed E-state index contributed by atoms with van der Waals surface area (Å²) < 4.78 is 0. The first-order valence-corrected chi connectivity index (χ1v) is 9.56. The number of nitrogens with zero attached hydrogens (tertiary/aromatic N) is 1. The molecule has 4 nitrogen and oxygen atoms in total. The molecule has 2 heterocycles. The van der Waals surface area contributed by atoms with Crippen molar-refractivity contribution in [1.82, 2.24) is 10.2 Å². The minimum absolute atomic E-state index is 0.140. The number of rotatable bonds is 4. The Morgan fingerprint density at radius 1 is 1.04 bits per heavy atom. The average molecular weight is 350 g/mol. The number of likely N-dealkylation sites (tertiary alicyclic amines) is 1. The van der Waals surface area contributed by atoms with Gasteiger partial charge in [-0.3, -0.25) is 4.79 Å². The molecule has 2 saturated heterocycles. The normalized spacial score (nSPS) is 25.8. The van der Waals surface area contributed by atoms with E-state index in [1.54, 1.807) is 0 Å². The van der Waals surface area contributed by atoms with E-state index >= 15 is 0 Å². The number of benzene rings is 2. The molecule has 0 radical (unpaired) electrons. The topological polar surface area (TPSA) is 52.6 Å². The zero-order valence-electron chi connectivity index (χ0n) is 14.9. The lowest BCUT2D eigenvalue weighted by molar-refractivity contribution is -0.134. The highest BCUT2D eigenvalue weighted by atomic mass is 16.3. The Kier molecular flexibility index (Phi) is 5.05. The number of nitrogens with one attached hydrogen (secondary N) is 1. The number of amides is 1. The maximum atomic E-state index is 13.1. The van der Waals surface area contributed by atoms with Crippen LogP contribution in [0.2, 0.25) is 0 Å². The van der Waals surface area contributed by atoms with Crippen LogP contribution in [0.15, 0.2) is 60.7 Å². The number of hydrogen-bond acceptors (Lipinski definition) is 3. The van der Waals surface area contributed by atoms with E-state index in [1.165, 1.54) is 11.1 Å². The predicted octanol–water partition coefficient (Wildman–Crippen LogP) is 2.53. The number of carbonyl (C=O) groups is 1. The van der Waals surface area contributed by atoms with E-state index in [1.807, 2.05) is 12.1 Å². The Morgan fingerprint density at radius 2 is 1.65 bits per heavy atom. The molecular weight excluding hydrogens is 324 g/mol. The summed E-state index contributed by atoms with van der Waals surface area (Å²) in [6.45, 7) is 1.31. The summed E-state index contributed by atoms with van der Waals surface area (Å²) in [5.41, 5.74) is 2.51. The lowest BCUT2D eigenvalue weighted by Gasteiger charge is -2.34. The van der Waals surface area contributed by atoms with Gasteiger partial charge in [0.05, 0.1) is 12.1 Å². The van der Waals surface area contributed by atoms with Gasteiger partial charge in [0.1, 0.15) is 0 Å². The predicted molar refractivity (Wildman–Crippen MR) is 102 cm³/mol. The van der Waals surface area contributed by atoms with Crippen LogP contribution in [0.1, 0.15) is 36.3 Å². The van der Waals surface area contributed by atoms with Crippen molar-refractivity contribution in [3.05, 3.63) is 71.8 Å². The minimum atomic E-state index is -0.413. The van der Waals surface area contributed by atoms with Crippen LogP contribution in [-0.4, -0.2) is 47.2 Å². The molecule has 2 aliphatic heterocycles. The lowest BCUT2D eigenvalue weighted by Crippen LogP contribution is -2.47. The van der Waals surface area contributed by atoms with Gasteiger partial charge in [0.15, 0.2) is 0 Å². The van der Waals surface area contributed by atoms with Crippen LogP contribution in [0.25, 0.3) is 0 Å². The molecule has 26 heavy (non-hydrogen) atoms. The highest BCUT2D eigenvalue weighted by Crippen LogP contribution is 2.37. The molecule has 0 bridgehead atoms. The number of hydrogen-bond donors (Lipinski definition) is 2. The van der Waals surface area contributed by atoms with Crippen molar-refractivity contribution in [2.24, 2.45) is 0 Å². The van der Waals surface area contributed by atoms with Crippen LogP contribution in [-0.2, 0) is 4.79 Å². The van der Waals surface area contributed by atoms with Crippen molar-refractivity contribution < 1.29 is 9.90 Å². The molecule has 2 aromatic carbocycles. The van der Waals surface area contributed by atoms with Crippen LogP contribution in [0.3, 0.4) is 0 Å². The van der Waals surface area contributed by atoms with Gasteiger partial charge in [-0.1, -0.05) is 60.7 Å². The van der Waals surface area contributed by atoms with Crippen molar-refractivity contribution in [3.63, 3.8) is 0 Å². The molecule has 0 saturated carbocycles. The first-order valence-electron chi connectivity index (χ1n) is 9.56. The van der Waals surface area contributed by atoms with Gasteiger partial charge < -0.3 is 15.3 Å². The van der Waals surface area contributed by atoms with E-state index in [-0.39, 0.29) is 23.9 Å². The molecule has 2 fully saturated rings. The SMILES string of the molecule is O=C([C@H]1C[C@H](O)CN1)N1CCC[C@@H]1C(c1ccccc1)c1ccccc1. The van der Waals surface area contributed by atoms with Crippen molar-refractivity contribution in [2.75, 3.05) is 13.1 Å². The van der Waals surface area contributed by atoms with Crippen LogP contribution >= 0.6 is 0 Å². The summed E-state index contributed by atoms with van der Waals surface area (Å²) in [4.78, 5) is 15.2. The molecular formula is C22H26N2O2. The molecule has 0 aliphatic carbocycles. The third-order valence-electron chi connectivity index (χ3n) is 5.69. The number of carbonyl (C=O) groups excluding carboxylic acids is 1. The molecule has 136 valence electrons. The van der Waals surface area contributed by atoms with Gasteiger partial charge in [-0.15, -0.1) is 0 Å². The Bertz CT molecular complexity index is 695. The summed E-state index contributed by atoms with van der Waals surface area (Å²) in [6.07, 6.45) is 2.14. The van der Waals surface area contributed by atoms with Crippen LogP contribution in [0, 0.1) is 0 Å². The third-order valence-corrected chi connectivity index (χ3v) is 5.69. The molecule has 2 aliphatic rings. The first-order chi connectivity index (χ1) is 12.7. The minimum Gasteiger partial charge on any atom is -0.392 e.